The number of methoxy groups -OCH3 is 1. The van der Waals surface area contributed by atoms with Crippen molar-refractivity contribution in [3.05, 3.63) is 34.9 Å². The number of rotatable bonds is 4. The van der Waals surface area contributed by atoms with Crippen LogP contribution in [0.25, 0.3) is 0 Å². The Morgan fingerprint density at radius 3 is 2.57 bits per heavy atom. The van der Waals surface area contributed by atoms with Crippen LogP contribution < -0.4 is 5.32 Å². The first-order chi connectivity index (χ1) is 13.1. The molecule has 3 aliphatic rings. The predicted molar refractivity (Wildman–Crippen MR) is 111 cm³/mol. The first-order valence-corrected chi connectivity index (χ1v) is 10.6. The number of nitrogens with one attached hydrogen (secondary N) is 1. The summed E-state index contributed by atoms with van der Waals surface area (Å²) in [4.78, 5) is 26.5. The van der Waals surface area contributed by atoms with Crippen LogP contribution in [0.15, 0.2) is 34.9 Å². The van der Waals surface area contributed by atoms with Crippen molar-refractivity contribution in [1.82, 2.24) is 5.32 Å². The van der Waals surface area contributed by atoms with Gasteiger partial charge in [-0.25, -0.2) is 0 Å². The van der Waals surface area contributed by atoms with Crippen LogP contribution >= 0.6 is 0 Å². The first-order valence-electron chi connectivity index (χ1n) is 10.6. The molecule has 1 fully saturated rings. The number of allylic oxidation sites excluding steroid dienone is 4. The van der Waals surface area contributed by atoms with E-state index in [9.17, 15) is 9.59 Å². The van der Waals surface area contributed by atoms with Crippen LogP contribution in [0.1, 0.15) is 54.4 Å². The fraction of sp³-hybridized carbons (Fsp3) is 0.667. The van der Waals surface area contributed by atoms with Crippen molar-refractivity contribution >= 4 is 11.7 Å². The van der Waals surface area contributed by atoms with E-state index in [0.717, 1.165) is 12.8 Å². The Bertz CT molecular complexity index is 762. The molecule has 0 radical (unpaired) electrons. The van der Waals surface area contributed by atoms with Crippen LogP contribution in [0.4, 0.5) is 0 Å². The molecule has 2 aliphatic carbocycles. The zero-order valence-corrected chi connectivity index (χ0v) is 18.3. The number of Topliss-reactive ketones (excluding diaryl/α,β-unsaturated/α-hetero) is 1. The zero-order valence-electron chi connectivity index (χ0n) is 18.3. The lowest BCUT2D eigenvalue weighted by atomic mass is 9.55. The second kappa shape index (κ2) is 7.62. The molecule has 1 N–H and O–H groups in total. The van der Waals surface area contributed by atoms with Crippen molar-refractivity contribution in [2.75, 3.05) is 7.11 Å². The molecule has 1 amide bonds. The third-order valence-corrected chi connectivity index (χ3v) is 7.31. The second-order valence-corrected chi connectivity index (χ2v) is 9.43. The van der Waals surface area contributed by atoms with Crippen LogP contribution in [0.2, 0.25) is 0 Å². The van der Waals surface area contributed by atoms with Crippen molar-refractivity contribution in [3.8, 4) is 0 Å². The molecule has 0 aromatic heterocycles. The minimum atomic E-state index is -0.904. The summed E-state index contributed by atoms with van der Waals surface area (Å²) in [6.45, 7) is 12.7. The van der Waals surface area contributed by atoms with E-state index in [4.69, 9.17) is 4.74 Å². The summed E-state index contributed by atoms with van der Waals surface area (Å²) in [5.74, 6) is 1.35. The van der Waals surface area contributed by atoms with Gasteiger partial charge < -0.3 is 10.1 Å². The van der Waals surface area contributed by atoms with Crippen molar-refractivity contribution in [1.29, 1.82) is 0 Å². The van der Waals surface area contributed by atoms with Crippen molar-refractivity contribution < 1.29 is 14.3 Å². The maximum absolute atomic E-state index is 13.8. The standard InChI is InChI=1S/C24H35NO3/c1-8-14(3)19-16(5)11-17-10-13(2)9-15(4)20(17)21(19)22(26)18-12-24(6,28-7)25-23(18)27/h8,11-13,15,17,19-21H,9-10H2,1-7H3,(H,25,27)/b14-8+/t13-,15+,17+,19-,20+,21-,24?/m1/s1. The van der Waals surface area contributed by atoms with Gasteiger partial charge >= 0.3 is 0 Å². The molecule has 0 aromatic carbocycles. The van der Waals surface area contributed by atoms with E-state index in [1.807, 2.05) is 6.92 Å². The smallest absolute Gasteiger partial charge is 0.257 e. The third-order valence-electron chi connectivity index (χ3n) is 7.31. The minimum Gasteiger partial charge on any atom is -0.356 e. The van der Waals surface area contributed by atoms with Gasteiger partial charge in [-0.3, -0.25) is 9.59 Å². The second-order valence-electron chi connectivity index (χ2n) is 9.43. The third kappa shape index (κ3) is 3.52. The highest BCUT2D eigenvalue weighted by Gasteiger charge is 2.50. The average molecular weight is 386 g/mol. The summed E-state index contributed by atoms with van der Waals surface area (Å²) in [7, 11) is 1.55. The Balaban J connectivity index is 2.08. The van der Waals surface area contributed by atoms with E-state index in [0.29, 0.717) is 17.8 Å². The molecule has 1 heterocycles. The molecular formula is C24H35NO3. The summed E-state index contributed by atoms with van der Waals surface area (Å²) in [6.07, 6.45) is 8.47. The summed E-state index contributed by atoms with van der Waals surface area (Å²) in [5.41, 5.74) is 1.84. The summed E-state index contributed by atoms with van der Waals surface area (Å²) in [5, 5.41) is 2.81. The molecule has 4 nitrogen and oxygen atoms in total. The van der Waals surface area contributed by atoms with E-state index >= 15 is 0 Å². The summed E-state index contributed by atoms with van der Waals surface area (Å²) >= 11 is 0. The minimum absolute atomic E-state index is 0.0201. The largest absolute Gasteiger partial charge is 0.356 e. The van der Waals surface area contributed by atoms with Gasteiger partial charge in [0.05, 0.1) is 5.57 Å². The number of amides is 1. The van der Waals surface area contributed by atoms with Gasteiger partial charge in [-0.15, -0.1) is 0 Å². The lowest BCUT2D eigenvalue weighted by Crippen LogP contribution is -2.46. The van der Waals surface area contributed by atoms with Crippen LogP contribution in [-0.2, 0) is 14.3 Å². The number of hydrogen-bond acceptors (Lipinski definition) is 3. The Kier molecular flexibility index (Phi) is 5.73. The van der Waals surface area contributed by atoms with Gasteiger partial charge in [0, 0.05) is 18.9 Å². The van der Waals surface area contributed by atoms with Crippen LogP contribution in [-0.4, -0.2) is 24.5 Å². The molecule has 0 spiro atoms. The van der Waals surface area contributed by atoms with Gasteiger partial charge in [-0.2, -0.15) is 0 Å². The SMILES string of the molecule is C/C=C(\C)[C@@H]1C(C)=C[C@@H]2C[C@H](C)C[C@H](C)[C@@H]2[C@@H]1C(=O)C1=CC(C)(OC)NC1=O. The highest BCUT2D eigenvalue weighted by atomic mass is 16.5. The monoisotopic (exact) mass is 385 g/mol. The van der Waals surface area contributed by atoms with Gasteiger partial charge in [-0.1, -0.05) is 37.1 Å². The highest BCUT2D eigenvalue weighted by molar-refractivity contribution is 6.22. The molecule has 1 unspecified atom stereocenters. The molecule has 1 saturated carbocycles. The molecular weight excluding hydrogens is 350 g/mol. The van der Waals surface area contributed by atoms with Crippen molar-refractivity contribution in [2.24, 2.45) is 35.5 Å². The zero-order chi connectivity index (χ0) is 20.8. The number of hydrogen-bond donors (Lipinski definition) is 1. The van der Waals surface area contributed by atoms with Crippen molar-refractivity contribution in [2.45, 2.75) is 60.1 Å². The van der Waals surface area contributed by atoms with E-state index in [-0.39, 0.29) is 35.0 Å². The molecule has 1 aliphatic heterocycles. The first kappa shape index (κ1) is 21.0. The number of ketones is 1. The number of carbonyl (C=O) groups is 2. The van der Waals surface area contributed by atoms with Gasteiger partial charge in [0.1, 0.15) is 0 Å². The molecule has 4 heteroatoms. The van der Waals surface area contributed by atoms with Crippen molar-refractivity contribution in [3.63, 3.8) is 0 Å². The van der Waals surface area contributed by atoms with Crippen LogP contribution in [0.5, 0.6) is 0 Å². The van der Waals surface area contributed by atoms with Crippen LogP contribution in [0, 0.1) is 35.5 Å². The van der Waals surface area contributed by atoms with E-state index in [1.165, 1.54) is 11.1 Å². The Labute approximate surface area is 169 Å². The van der Waals surface area contributed by atoms with Gasteiger partial charge in [0.15, 0.2) is 11.5 Å². The molecule has 3 rings (SSSR count). The number of carbonyl (C=O) groups excluding carboxylic acids is 2. The normalized spacial score (nSPS) is 41.1. The lowest BCUT2D eigenvalue weighted by Gasteiger charge is -2.48. The summed E-state index contributed by atoms with van der Waals surface area (Å²) < 4.78 is 5.41. The Hall–Kier alpha value is -1.68. The van der Waals surface area contributed by atoms with E-state index in [1.54, 1.807) is 20.1 Å². The number of fused-ring (bicyclic) bond motifs is 1. The Morgan fingerprint density at radius 2 is 2.00 bits per heavy atom. The molecule has 0 bridgehead atoms. The topological polar surface area (TPSA) is 55.4 Å². The van der Waals surface area contributed by atoms with E-state index < -0.39 is 5.72 Å². The fourth-order valence-corrected chi connectivity index (χ4v) is 5.97. The van der Waals surface area contributed by atoms with Gasteiger partial charge in [0.25, 0.3) is 5.91 Å². The average Bonchev–Trinajstić information content (AvgIpc) is 2.94. The molecule has 0 aromatic rings. The van der Waals surface area contributed by atoms with Gasteiger partial charge in [-0.05, 0) is 70.3 Å². The maximum atomic E-state index is 13.8. The highest BCUT2D eigenvalue weighted by Crippen LogP contribution is 2.52. The maximum Gasteiger partial charge on any atom is 0.257 e. The molecule has 0 saturated heterocycles. The molecule has 154 valence electrons. The van der Waals surface area contributed by atoms with E-state index in [2.05, 4.69) is 45.2 Å². The number of ether oxygens (including phenoxy) is 1. The quantitative estimate of drug-likeness (QED) is 0.575. The molecule has 7 atom stereocenters. The summed E-state index contributed by atoms with van der Waals surface area (Å²) in [6, 6.07) is 0. The predicted octanol–water partition coefficient (Wildman–Crippen LogP) is 4.43. The lowest BCUT2D eigenvalue weighted by molar-refractivity contribution is -0.128. The van der Waals surface area contributed by atoms with Crippen LogP contribution in [0.3, 0.4) is 0 Å². The fourth-order valence-electron chi connectivity index (χ4n) is 5.97. The molecule has 28 heavy (non-hydrogen) atoms. The van der Waals surface area contributed by atoms with Gasteiger partial charge in [0.2, 0.25) is 0 Å². The Morgan fingerprint density at radius 1 is 1.32 bits per heavy atom.